The molecule has 0 saturated carbocycles. The SMILES string of the molecule is C=C(C=C(C)C)C(C)C(=O)OC(C)(C)C. The van der Waals surface area contributed by atoms with Gasteiger partial charge in [0.25, 0.3) is 0 Å². The van der Waals surface area contributed by atoms with Crippen molar-refractivity contribution in [1.82, 2.24) is 0 Å². The molecule has 0 aliphatic carbocycles. The van der Waals surface area contributed by atoms with Crippen LogP contribution < -0.4 is 0 Å². The predicted molar refractivity (Wildman–Crippen MR) is 63.6 cm³/mol. The average molecular weight is 210 g/mol. The molecule has 0 saturated heterocycles. The summed E-state index contributed by atoms with van der Waals surface area (Å²) in [5.41, 5.74) is 1.50. The van der Waals surface area contributed by atoms with Gasteiger partial charge in [-0.25, -0.2) is 0 Å². The van der Waals surface area contributed by atoms with E-state index in [2.05, 4.69) is 6.58 Å². The molecule has 0 amide bonds. The summed E-state index contributed by atoms with van der Waals surface area (Å²) in [6.07, 6.45) is 1.91. The summed E-state index contributed by atoms with van der Waals surface area (Å²) in [7, 11) is 0. The maximum atomic E-state index is 11.7. The van der Waals surface area contributed by atoms with Crippen molar-refractivity contribution in [1.29, 1.82) is 0 Å². The molecule has 0 aliphatic heterocycles. The summed E-state index contributed by atoms with van der Waals surface area (Å²) in [5.74, 6) is -0.496. The molecule has 0 aromatic heterocycles. The number of hydrogen-bond acceptors (Lipinski definition) is 2. The Bertz CT molecular complexity index is 275. The maximum absolute atomic E-state index is 11.7. The monoisotopic (exact) mass is 210 g/mol. The molecule has 2 heteroatoms. The van der Waals surface area contributed by atoms with E-state index in [-0.39, 0.29) is 11.9 Å². The van der Waals surface area contributed by atoms with Gasteiger partial charge in [-0.1, -0.05) is 18.2 Å². The zero-order valence-electron chi connectivity index (χ0n) is 10.7. The van der Waals surface area contributed by atoms with E-state index in [1.165, 1.54) is 0 Å². The number of ether oxygens (including phenoxy) is 1. The van der Waals surface area contributed by atoms with Crippen LogP contribution in [0.5, 0.6) is 0 Å². The Hall–Kier alpha value is -1.05. The van der Waals surface area contributed by atoms with E-state index >= 15 is 0 Å². The molecule has 0 N–H and O–H groups in total. The molecule has 86 valence electrons. The van der Waals surface area contributed by atoms with Crippen LogP contribution in [0.3, 0.4) is 0 Å². The van der Waals surface area contributed by atoms with Gasteiger partial charge in [-0.3, -0.25) is 4.79 Å². The number of rotatable bonds is 3. The van der Waals surface area contributed by atoms with E-state index < -0.39 is 5.60 Å². The lowest BCUT2D eigenvalue weighted by molar-refractivity contribution is -0.157. The highest BCUT2D eigenvalue weighted by Crippen LogP contribution is 2.17. The second-order valence-electron chi connectivity index (χ2n) is 5.05. The fourth-order valence-electron chi connectivity index (χ4n) is 1.04. The Morgan fingerprint density at radius 3 is 2.13 bits per heavy atom. The van der Waals surface area contributed by atoms with Crippen LogP contribution in [0.1, 0.15) is 41.5 Å². The first-order chi connectivity index (χ1) is 6.63. The van der Waals surface area contributed by atoms with Crippen molar-refractivity contribution < 1.29 is 9.53 Å². The lowest BCUT2D eigenvalue weighted by Crippen LogP contribution is -2.28. The normalized spacial score (nSPS) is 12.9. The lowest BCUT2D eigenvalue weighted by Gasteiger charge is -2.22. The van der Waals surface area contributed by atoms with E-state index in [0.717, 1.165) is 11.1 Å². The minimum Gasteiger partial charge on any atom is -0.460 e. The minimum absolute atomic E-state index is 0.218. The van der Waals surface area contributed by atoms with Crippen molar-refractivity contribution in [3.63, 3.8) is 0 Å². The van der Waals surface area contributed by atoms with E-state index in [9.17, 15) is 4.79 Å². The highest BCUT2D eigenvalue weighted by molar-refractivity contribution is 5.76. The van der Waals surface area contributed by atoms with Crippen molar-refractivity contribution in [2.75, 3.05) is 0 Å². The minimum atomic E-state index is -0.434. The number of hydrogen-bond donors (Lipinski definition) is 0. The molecular weight excluding hydrogens is 188 g/mol. The van der Waals surface area contributed by atoms with Gasteiger partial charge in [-0.05, 0) is 47.1 Å². The molecule has 1 unspecified atom stereocenters. The number of allylic oxidation sites excluding steroid dienone is 2. The number of carbonyl (C=O) groups excluding carboxylic acids is 1. The maximum Gasteiger partial charge on any atom is 0.313 e. The number of carbonyl (C=O) groups is 1. The molecule has 0 spiro atoms. The second kappa shape index (κ2) is 5.15. The Balaban J connectivity index is 4.46. The molecule has 15 heavy (non-hydrogen) atoms. The first-order valence-corrected chi connectivity index (χ1v) is 5.20. The van der Waals surface area contributed by atoms with Crippen molar-refractivity contribution in [2.45, 2.75) is 47.1 Å². The fourth-order valence-corrected chi connectivity index (χ4v) is 1.04. The lowest BCUT2D eigenvalue weighted by atomic mass is 10.0. The van der Waals surface area contributed by atoms with Gasteiger partial charge in [0.05, 0.1) is 5.92 Å². The summed E-state index contributed by atoms with van der Waals surface area (Å²) in [5, 5.41) is 0. The van der Waals surface area contributed by atoms with Crippen LogP contribution in [0, 0.1) is 5.92 Å². The van der Waals surface area contributed by atoms with Crippen molar-refractivity contribution in [2.24, 2.45) is 5.92 Å². The first kappa shape index (κ1) is 13.9. The zero-order valence-corrected chi connectivity index (χ0v) is 10.7. The molecule has 0 fully saturated rings. The Labute approximate surface area is 93.0 Å². The van der Waals surface area contributed by atoms with Gasteiger partial charge in [0.15, 0.2) is 0 Å². The van der Waals surface area contributed by atoms with Gasteiger partial charge in [0.2, 0.25) is 0 Å². The molecule has 0 aliphatic rings. The van der Waals surface area contributed by atoms with Gasteiger partial charge >= 0.3 is 5.97 Å². The zero-order chi connectivity index (χ0) is 12.2. The molecule has 2 nitrogen and oxygen atoms in total. The van der Waals surface area contributed by atoms with Crippen LogP contribution in [0.15, 0.2) is 23.8 Å². The topological polar surface area (TPSA) is 26.3 Å². The molecule has 0 aromatic rings. The first-order valence-electron chi connectivity index (χ1n) is 5.20. The van der Waals surface area contributed by atoms with E-state index in [1.807, 2.05) is 47.6 Å². The fraction of sp³-hybridized carbons (Fsp3) is 0.615. The van der Waals surface area contributed by atoms with E-state index in [0.29, 0.717) is 0 Å². The van der Waals surface area contributed by atoms with Gasteiger partial charge in [-0.2, -0.15) is 0 Å². The standard InChI is InChI=1S/C13H22O2/c1-9(2)8-10(3)11(4)12(14)15-13(5,6)7/h8,11H,3H2,1-2,4-7H3. The van der Waals surface area contributed by atoms with E-state index in [1.54, 1.807) is 0 Å². The third-order valence-corrected chi connectivity index (χ3v) is 1.79. The summed E-state index contributed by atoms with van der Waals surface area (Å²) in [4.78, 5) is 11.7. The molecule has 0 rings (SSSR count). The van der Waals surface area contributed by atoms with Crippen LogP contribution in [0.2, 0.25) is 0 Å². The second-order valence-corrected chi connectivity index (χ2v) is 5.05. The Morgan fingerprint density at radius 1 is 1.33 bits per heavy atom. The predicted octanol–water partition coefficient (Wildman–Crippen LogP) is 3.49. The Kier molecular flexibility index (Phi) is 4.79. The summed E-state index contributed by atoms with van der Waals surface area (Å²) in [6.45, 7) is 15.2. The van der Waals surface area contributed by atoms with E-state index in [4.69, 9.17) is 4.74 Å². The van der Waals surface area contributed by atoms with Crippen LogP contribution >= 0.6 is 0 Å². The molecular formula is C13H22O2. The summed E-state index contributed by atoms with van der Waals surface area (Å²) in [6, 6.07) is 0. The average Bonchev–Trinajstić information content (AvgIpc) is 1.98. The van der Waals surface area contributed by atoms with Crippen molar-refractivity contribution in [3.8, 4) is 0 Å². The molecule has 1 atom stereocenters. The third-order valence-electron chi connectivity index (χ3n) is 1.79. The largest absolute Gasteiger partial charge is 0.460 e. The van der Waals surface area contributed by atoms with Crippen molar-refractivity contribution >= 4 is 5.97 Å². The van der Waals surface area contributed by atoms with Crippen LogP contribution in [-0.4, -0.2) is 11.6 Å². The van der Waals surface area contributed by atoms with Crippen molar-refractivity contribution in [3.05, 3.63) is 23.8 Å². The van der Waals surface area contributed by atoms with Gasteiger partial charge in [-0.15, -0.1) is 0 Å². The van der Waals surface area contributed by atoms with Gasteiger partial charge in [0, 0.05) is 0 Å². The molecule has 0 bridgehead atoms. The molecule has 0 radical (unpaired) electrons. The highest BCUT2D eigenvalue weighted by Gasteiger charge is 2.22. The summed E-state index contributed by atoms with van der Waals surface area (Å²) >= 11 is 0. The van der Waals surface area contributed by atoms with Crippen LogP contribution in [-0.2, 0) is 9.53 Å². The molecule has 0 aromatic carbocycles. The van der Waals surface area contributed by atoms with Gasteiger partial charge in [0.1, 0.15) is 5.60 Å². The quantitative estimate of drug-likeness (QED) is 0.526. The van der Waals surface area contributed by atoms with Crippen LogP contribution in [0.4, 0.5) is 0 Å². The van der Waals surface area contributed by atoms with Gasteiger partial charge < -0.3 is 4.74 Å². The third kappa shape index (κ3) is 6.10. The smallest absolute Gasteiger partial charge is 0.313 e. The summed E-state index contributed by atoms with van der Waals surface area (Å²) < 4.78 is 5.27. The number of esters is 1. The molecule has 0 heterocycles. The van der Waals surface area contributed by atoms with Crippen LogP contribution in [0.25, 0.3) is 0 Å². The highest BCUT2D eigenvalue weighted by atomic mass is 16.6. The Morgan fingerprint density at radius 2 is 1.80 bits per heavy atom.